The maximum Gasteiger partial charge on any atom is 0.227 e. The molecule has 11 aromatic rings. The average molecular weight is 757 g/mol. The predicted octanol–water partition coefficient (Wildman–Crippen LogP) is 12.9. The first-order valence-corrected chi connectivity index (χ1v) is 19.7. The van der Waals surface area contributed by atoms with E-state index in [2.05, 4.69) is 115 Å². The molecule has 1 aliphatic rings. The summed E-state index contributed by atoms with van der Waals surface area (Å²) in [7, 11) is 0. The van der Waals surface area contributed by atoms with Crippen molar-refractivity contribution < 1.29 is 8.83 Å². The molecule has 3 aromatic heterocycles. The lowest BCUT2D eigenvalue weighted by molar-refractivity contribution is 0.619. The number of furan rings is 1. The lowest BCUT2D eigenvalue weighted by atomic mass is 9.67. The highest BCUT2D eigenvalue weighted by Crippen LogP contribution is 2.58. The SMILES string of the molecule is c1ccc(-c2nc(-c3cccc4c3-c3ccccc3C4(c3ccccc3)c3ccccc3)nc(-c3cccc4oc5cc(-c6nc7ccccc7o6)ccc5c34)n2)cc1. The van der Waals surface area contributed by atoms with Crippen molar-refractivity contribution in [2.75, 3.05) is 0 Å². The van der Waals surface area contributed by atoms with Crippen molar-refractivity contribution in [2.24, 2.45) is 0 Å². The summed E-state index contributed by atoms with van der Waals surface area (Å²) in [6.45, 7) is 0. The zero-order chi connectivity index (χ0) is 38.9. The van der Waals surface area contributed by atoms with Crippen LogP contribution in [0.25, 0.3) is 89.8 Å². The molecule has 6 nitrogen and oxygen atoms in total. The molecule has 0 N–H and O–H groups in total. The molecule has 0 fully saturated rings. The Morgan fingerprint density at radius 1 is 0.373 bits per heavy atom. The molecule has 0 atom stereocenters. The highest BCUT2D eigenvalue weighted by Gasteiger charge is 2.47. The van der Waals surface area contributed by atoms with Crippen LogP contribution in [0.2, 0.25) is 0 Å². The van der Waals surface area contributed by atoms with Gasteiger partial charge in [0.15, 0.2) is 23.1 Å². The first kappa shape index (κ1) is 33.2. The van der Waals surface area contributed by atoms with E-state index >= 15 is 0 Å². The van der Waals surface area contributed by atoms with E-state index in [9.17, 15) is 0 Å². The minimum absolute atomic E-state index is 0.545. The molecule has 3 heterocycles. The van der Waals surface area contributed by atoms with E-state index in [0.717, 1.165) is 66.4 Å². The van der Waals surface area contributed by atoms with Crippen molar-refractivity contribution in [3.05, 3.63) is 216 Å². The second kappa shape index (κ2) is 13.0. The molecule has 8 aromatic carbocycles. The van der Waals surface area contributed by atoms with Crippen LogP contribution in [0.15, 0.2) is 203 Å². The molecule has 0 radical (unpaired) electrons. The van der Waals surface area contributed by atoms with Crippen LogP contribution in [0.1, 0.15) is 22.3 Å². The van der Waals surface area contributed by atoms with Crippen LogP contribution in [-0.4, -0.2) is 19.9 Å². The van der Waals surface area contributed by atoms with Gasteiger partial charge in [0.2, 0.25) is 5.89 Å². The fraction of sp³-hybridized carbons (Fsp3) is 0.0189. The summed E-state index contributed by atoms with van der Waals surface area (Å²) < 4.78 is 12.7. The Labute approximate surface area is 339 Å². The quantitative estimate of drug-likeness (QED) is 0.168. The van der Waals surface area contributed by atoms with Crippen LogP contribution in [0.5, 0.6) is 0 Å². The lowest BCUT2D eigenvalue weighted by Gasteiger charge is -2.33. The van der Waals surface area contributed by atoms with Crippen LogP contribution in [0, 0.1) is 0 Å². The van der Waals surface area contributed by atoms with Gasteiger partial charge in [-0.3, -0.25) is 0 Å². The molecule has 6 heteroatoms. The van der Waals surface area contributed by atoms with Gasteiger partial charge in [-0.05, 0) is 69.8 Å². The van der Waals surface area contributed by atoms with Gasteiger partial charge in [0, 0.05) is 33.0 Å². The van der Waals surface area contributed by atoms with Gasteiger partial charge in [-0.1, -0.05) is 158 Å². The molecule has 0 saturated carbocycles. The van der Waals surface area contributed by atoms with E-state index in [0.29, 0.717) is 23.4 Å². The Balaban J connectivity index is 1.09. The smallest absolute Gasteiger partial charge is 0.227 e. The molecule has 0 saturated heterocycles. The molecule has 0 amide bonds. The van der Waals surface area contributed by atoms with Crippen LogP contribution in [-0.2, 0) is 5.41 Å². The number of para-hydroxylation sites is 2. The lowest BCUT2D eigenvalue weighted by Crippen LogP contribution is -2.28. The largest absolute Gasteiger partial charge is 0.456 e. The fourth-order valence-electron chi connectivity index (χ4n) is 9.15. The van der Waals surface area contributed by atoms with Crippen LogP contribution in [0.4, 0.5) is 0 Å². The first-order valence-electron chi connectivity index (χ1n) is 19.7. The Morgan fingerprint density at radius 2 is 0.966 bits per heavy atom. The van der Waals surface area contributed by atoms with Gasteiger partial charge in [-0.25, -0.2) is 19.9 Å². The average Bonchev–Trinajstić information content (AvgIpc) is 4.00. The zero-order valence-corrected chi connectivity index (χ0v) is 31.6. The summed E-state index contributed by atoms with van der Waals surface area (Å²) in [4.78, 5) is 20.6. The molecular formula is C53H32N4O2. The number of oxazole rings is 1. The summed E-state index contributed by atoms with van der Waals surface area (Å²) in [5.74, 6) is 2.30. The van der Waals surface area contributed by atoms with Gasteiger partial charge in [-0.15, -0.1) is 0 Å². The number of aromatic nitrogens is 4. The van der Waals surface area contributed by atoms with E-state index in [1.807, 2.05) is 78.9 Å². The van der Waals surface area contributed by atoms with E-state index < -0.39 is 5.41 Å². The third-order valence-corrected chi connectivity index (χ3v) is 11.7. The molecule has 0 unspecified atom stereocenters. The summed E-state index contributed by atoms with van der Waals surface area (Å²) in [6.07, 6.45) is 0. The number of hydrogen-bond acceptors (Lipinski definition) is 6. The molecule has 0 bridgehead atoms. The van der Waals surface area contributed by atoms with Crippen molar-refractivity contribution in [3.63, 3.8) is 0 Å². The van der Waals surface area contributed by atoms with Crippen LogP contribution < -0.4 is 0 Å². The van der Waals surface area contributed by atoms with Gasteiger partial charge < -0.3 is 8.83 Å². The number of fused-ring (bicyclic) bond motifs is 7. The van der Waals surface area contributed by atoms with Gasteiger partial charge in [0.1, 0.15) is 16.7 Å². The Kier molecular flexibility index (Phi) is 7.34. The second-order valence-corrected chi connectivity index (χ2v) is 14.9. The third kappa shape index (κ3) is 5.06. The van der Waals surface area contributed by atoms with Gasteiger partial charge in [0.05, 0.1) is 5.41 Å². The minimum atomic E-state index is -0.555. The van der Waals surface area contributed by atoms with E-state index in [1.54, 1.807) is 0 Å². The summed E-state index contributed by atoms with van der Waals surface area (Å²) in [5.41, 5.74) is 13.1. The number of benzene rings is 8. The Hall–Kier alpha value is -7.96. The fourth-order valence-corrected chi connectivity index (χ4v) is 9.15. The number of hydrogen-bond donors (Lipinski definition) is 0. The maximum atomic E-state index is 6.55. The van der Waals surface area contributed by atoms with Gasteiger partial charge >= 0.3 is 0 Å². The first-order chi connectivity index (χ1) is 29.2. The normalized spacial score (nSPS) is 12.9. The van der Waals surface area contributed by atoms with Gasteiger partial charge in [0.25, 0.3) is 0 Å². The third-order valence-electron chi connectivity index (χ3n) is 11.7. The molecule has 1 aliphatic carbocycles. The maximum absolute atomic E-state index is 6.55. The number of nitrogens with zero attached hydrogens (tertiary/aromatic N) is 4. The number of rotatable bonds is 6. The highest BCUT2D eigenvalue weighted by atomic mass is 16.3. The van der Waals surface area contributed by atoms with Crippen molar-refractivity contribution in [1.82, 2.24) is 19.9 Å². The van der Waals surface area contributed by atoms with E-state index in [1.165, 1.54) is 22.3 Å². The minimum Gasteiger partial charge on any atom is -0.456 e. The second-order valence-electron chi connectivity index (χ2n) is 14.9. The van der Waals surface area contributed by atoms with E-state index in [-0.39, 0.29) is 0 Å². The predicted molar refractivity (Wildman–Crippen MR) is 234 cm³/mol. The van der Waals surface area contributed by atoms with Crippen molar-refractivity contribution in [1.29, 1.82) is 0 Å². The molecule has 59 heavy (non-hydrogen) atoms. The molecule has 12 rings (SSSR count). The highest BCUT2D eigenvalue weighted by molar-refractivity contribution is 6.12. The Bertz CT molecular complexity index is 3320. The summed E-state index contributed by atoms with van der Waals surface area (Å²) in [5, 5.41) is 1.88. The molecule has 0 aliphatic heterocycles. The van der Waals surface area contributed by atoms with Crippen molar-refractivity contribution in [2.45, 2.75) is 5.41 Å². The Morgan fingerprint density at radius 3 is 1.75 bits per heavy atom. The van der Waals surface area contributed by atoms with Crippen LogP contribution in [0.3, 0.4) is 0 Å². The standard InChI is InChI=1S/C53H32N4O2/c1-4-16-33(17-5-1)49-55-50(39-23-14-26-42-47(39)37-22-10-11-25-41(37)53(42,35-18-6-2-7-19-35)36-20-8-3-9-21-36)57-51(56-49)40-24-15-29-45-48(40)38-31-30-34(32-46(38)58-45)52-54-43-27-12-13-28-44(43)59-52/h1-32H. The topological polar surface area (TPSA) is 77.8 Å². The molecular weight excluding hydrogens is 725 g/mol. The molecule has 276 valence electrons. The molecule has 0 spiro atoms. The van der Waals surface area contributed by atoms with Crippen molar-refractivity contribution in [3.8, 4) is 56.7 Å². The van der Waals surface area contributed by atoms with Gasteiger partial charge in [-0.2, -0.15) is 0 Å². The summed E-state index contributed by atoms with van der Waals surface area (Å²) >= 11 is 0. The monoisotopic (exact) mass is 756 g/mol. The zero-order valence-electron chi connectivity index (χ0n) is 31.6. The van der Waals surface area contributed by atoms with Crippen LogP contribution >= 0.6 is 0 Å². The summed E-state index contributed by atoms with van der Waals surface area (Å²) in [6, 6.07) is 67.1. The van der Waals surface area contributed by atoms with E-state index in [4.69, 9.17) is 28.8 Å². The van der Waals surface area contributed by atoms with Crippen molar-refractivity contribution >= 4 is 33.0 Å².